The van der Waals surface area contributed by atoms with E-state index in [0.29, 0.717) is 24.9 Å². The van der Waals surface area contributed by atoms with E-state index in [2.05, 4.69) is 34.5 Å². The van der Waals surface area contributed by atoms with Crippen LogP contribution in [0.25, 0.3) is 0 Å². The second-order valence-corrected chi connectivity index (χ2v) is 5.59. The fraction of sp³-hybridized carbons (Fsp3) is 0.647. The van der Waals surface area contributed by atoms with Crippen LogP contribution in [0.3, 0.4) is 0 Å². The molecule has 0 amide bonds. The zero-order valence-electron chi connectivity index (χ0n) is 14.8. The molecule has 0 aliphatic rings. The average molecular weight is 322 g/mol. The zero-order chi connectivity index (χ0) is 16.9. The number of hydrogen-bond donors (Lipinski definition) is 2. The lowest BCUT2D eigenvalue weighted by Crippen LogP contribution is -2.39. The molecule has 6 heteroatoms. The fourth-order valence-electron chi connectivity index (χ4n) is 1.90. The van der Waals surface area contributed by atoms with Crippen LogP contribution in [0.15, 0.2) is 23.3 Å². The Kier molecular flexibility index (Phi) is 9.79. The third-order valence-corrected chi connectivity index (χ3v) is 3.17. The van der Waals surface area contributed by atoms with E-state index < -0.39 is 0 Å². The van der Waals surface area contributed by atoms with Crippen molar-refractivity contribution in [1.82, 2.24) is 15.6 Å². The molecule has 0 unspecified atom stereocenters. The monoisotopic (exact) mass is 322 g/mol. The Morgan fingerprint density at radius 3 is 2.83 bits per heavy atom. The van der Waals surface area contributed by atoms with Gasteiger partial charge in [0.25, 0.3) is 0 Å². The van der Waals surface area contributed by atoms with Crippen LogP contribution in [-0.4, -0.2) is 44.4 Å². The van der Waals surface area contributed by atoms with Gasteiger partial charge in [0.15, 0.2) is 5.96 Å². The van der Waals surface area contributed by atoms with Crippen molar-refractivity contribution in [2.75, 3.05) is 33.4 Å². The number of ether oxygens (including phenoxy) is 2. The van der Waals surface area contributed by atoms with Crippen molar-refractivity contribution in [3.05, 3.63) is 23.9 Å². The Morgan fingerprint density at radius 2 is 2.13 bits per heavy atom. The number of rotatable bonds is 10. The second-order valence-electron chi connectivity index (χ2n) is 5.59. The first kappa shape index (κ1) is 19.2. The lowest BCUT2D eigenvalue weighted by Gasteiger charge is -2.12. The van der Waals surface area contributed by atoms with Crippen LogP contribution in [0.1, 0.15) is 32.8 Å². The molecule has 130 valence electrons. The van der Waals surface area contributed by atoms with Gasteiger partial charge in [-0.15, -0.1) is 0 Å². The topological polar surface area (TPSA) is 67.8 Å². The first-order chi connectivity index (χ1) is 11.2. The summed E-state index contributed by atoms with van der Waals surface area (Å²) in [5, 5.41) is 6.49. The number of pyridine rings is 1. The molecule has 2 N–H and O–H groups in total. The van der Waals surface area contributed by atoms with Gasteiger partial charge in [-0.1, -0.05) is 19.9 Å². The number of nitrogens with one attached hydrogen (secondary N) is 2. The third-order valence-electron chi connectivity index (χ3n) is 3.17. The molecule has 0 atom stereocenters. The minimum atomic E-state index is 0.514. The molecule has 23 heavy (non-hydrogen) atoms. The second kappa shape index (κ2) is 11.7. The summed E-state index contributed by atoms with van der Waals surface area (Å²) in [7, 11) is 1.62. The molecule has 0 radical (unpaired) electrons. The summed E-state index contributed by atoms with van der Waals surface area (Å²) in [5.74, 6) is 2.06. The largest absolute Gasteiger partial charge is 0.481 e. The van der Waals surface area contributed by atoms with E-state index >= 15 is 0 Å². The Bertz CT molecular complexity index is 464. The highest BCUT2D eigenvalue weighted by molar-refractivity contribution is 5.79. The van der Waals surface area contributed by atoms with Crippen molar-refractivity contribution in [3.63, 3.8) is 0 Å². The summed E-state index contributed by atoms with van der Waals surface area (Å²) in [4.78, 5) is 8.74. The van der Waals surface area contributed by atoms with Crippen LogP contribution in [0, 0.1) is 5.92 Å². The molecule has 0 fully saturated rings. The summed E-state index contributed by atoms with van der Waals surface area (Å²) in [6.45, 7) is 9.97. The number of hydrogen-bond acceptors (Lipinski definition) is 4. The third kappa shape index (κ3) is 8.40. The fourth-order valence-corrected chi connectivity index (χ4v) is 1.90. The molecule has 0 spiro atoms. The summed E-state index contributed by atoms with van der Waals surface area (Å²) in [6.07, 6.45) is 2.80. The van der Waals surface area contributed by atoms with Crippen molar-refractivity contribution < 1.29 is 9.47 Å². The molecule has 1 aromatic rings. The molecular weight excluding hydrogens is 292 g/mol. The van der Waals surface area contributed by atoms with Crippen LogP contribution < -0.4 is 15.4 Å². The molecule has 6 nitrogen and oxygen atoms in total. The van der Waals surface area contributed by atoms with Gasteiger partial charge < -0.3 is 20.1 Å². The normalized spacial score (nSPS) is 11.6. The van der Waals surface area contributed by atoms with Gasteiger partial charge in [0.05, 0.1) is 20.3 Å². The van der Waals surface area contributed by atoms with Gasteiger partial charge in [0.2, 0.25) is 5.88 Å². The van der Waals surface area contributed by atoms with Gasteiger partial charge in [-0.2, -0.15) is 0 Å². The van der Waals surface area contributed by atoms with E-state index in [1.54, 1.807) is 13.3 Å². The molecule has 0 aromatic carbocycles. The standard InChI is InChI=1S/C17H30N4O2/c1-5-18-17(20-10-12-23-11-8-14(2)3)21-13-15-7-6-9-19-16(15)22-4/h6-7,9,14H,5,8,10-13H2,1-4H3,(H2,18,20,21). The molecule has 0 saturated carbocycles. The highest BCUT2D eigenvalue weighted by Gasteiger charge is 2.03. The first-order valence-corrected chi connectivity index (χ1v) is 8.25. The lowest BCUT2D eigenvalue weighted by atomic mass is 10.1. The summed E-state index contributed by atoms with van der Waals surface area (Å²) >= 11 is 0. The van der Waals surface area contributed by atoms with Crippen LogP contribution >= 0.6 is 0 Å². The molecule has 1 rings (SSSR count). The molecule has 1 aromatic heterocycles. The van der Waals surface area contributed by atoms with E-state index in [1.807, 2.05) is 19.1 Å². The Morgan fingerprint density at radius 1 is 1.30 bits per heavy atom. The van der Waals surface area contributed by atoms with E-state index in [-0.39, 0.29) is 0 Å². The Hall–Kier alpha value is -1.82. The smallest absolute Gasteiger partial charge is 0.218 e. The van der Waals surface area contributed by atoms with Gasteiger partial charge in [-0.05, 0) is 25.3 Å². The minimum absolute atomic E-state index is 0.514. The Balaban J connectivity index is 2.41. The highest BCUT2D eigenvalue weighted by Crippen LogP contribution is 2.14. The van der Waals surface area contributed by atoms with Gasteiger partial charge in [0, 0.05) is 31.5 Å². The van der Waals surface area contributed by atoms with Crippen molar-refractivity contribution in [2.24, 2.45) is 10.9 Å². The molecule has 1 heterocycles. The van der Waals surface area contributed by atoms with Crippen molar-refractivity contribution in [3.8, 4) is 5.88 Å². The predicted molar refractivity (Wildman–Crippen MR) is 93.9 cm³/mol. The van der Waals surface area contributed by atoms with E-state index in [4.69, 9.17) is 9.47 Å². The van der Waals surface area contributed by atoms with Crippen LogP contribution in [0.2, 0.25) is 0 Å². The van der Waals surface area contributed by atoms with Crippen molar-refractivity contribution in [1.29, 1.82) is 0 Å². The zero-order valence-corrected chi connectivity index (χ0v) is 14.8. The van der Waals surface area contributed by atoms with Gasteiger partial charge in [-0.3, -0.25) is 0 Å². The number of methoxy groups -OCH3 is 1. The highest BCUT2D eigenvalue weighted by atomic mass is 16.5. The van der Waals surface area contributed by atoms with Crippen molar-refractivity contribution >= 4 is 5.96 Å². The number of aromatic nitrogens is 1. The van der Waals surface area contributed by atoms with E-state index in [1.165, 1.54) is 0 Å². The Labute approximate surface area is 139 Å². The van der Waals surface area contributed by atoms with E-state index in [0.717, 1.165) is 37.6 Å². The maximum atomic E-state index is 5.60. The van der Waals surface area contributed by atoms with Gasteiger partial charge in [0.1, 0.15) is 0 Å². The summed E-state index contributed by atoms with van der Waals surface area (Å²) < 4.78 is 10.8. The lowest BCUT2D eigenvalue weighted by molar-refractivity contribution is 0.128. The quantitative estimate of drug-likeness (QED) is 0.393. The van der Waals surface area contributed by atoms with E-state index in [9.17, 15) is 0 Å². The number of guanidine groups is 1. The summed E-state index contributed by atoms with van der Waals surface area (Å²) in [5.41, 5.74) is 0.959. The maximum absolute atomic E-state index is 5.60. The molecule has 0 saturated heterocycles. The number of aliphatic imine (C=N–C) groups is 1. The molecule has 0 aliphatic carbocycles. The maximum Gasteiger partial charge on any atom is 0.218 e. The average Bonchev–Trinajstić information content (AvgIpc) is 2.55. The van der Waals surface area contributed by atoms with Gasteiger partial charge in [-0.25, -0.2) is 9.98 Å². The van der Waals surface area contributed by atoms with Crippen LogP contribution in [0.4, 0.5) is 0 Å². The molecule has 0 aliphatic heterocycles. The van der Waals surface area contributed by atoms with Crippen molar-refractivity contribution in [2.45, 2.75) is 33.7 Å². The summed E-state index contributed by atoms with van der Waals surface area (Å²) in [6, 6.07) is 3.85. The van der Waals surface area contributed by atoms with Crippen LogP contribution in [-0.2, 0) is 11.3 Å². The minimum Gasteiger partial charge on any atom is -0.481 e. The predicted octanol–water partition coefficient (Wildman–Crippen LogP) is 2.21. The molecule has 0 bridgehead atoms. The molecular formula is C17H30N4O2. The van der Waals surface area contributed by atoms with Crippen LogP contribution in [0.5, 0.6) is 5.88 Å². The van der Waals surface area contributed by atoms with Gasteiger partial charge >= 0.3 is 0 Å². The SMILES string of the molecule is CCNC(=NCc1cccnc1OC)NCCOCCC(C)C. The first-order valence-electron chi connectivity index (χ1n) is 8.25. The number of nitrogens with zero attached hydrogens (tertiary/aromatic N) is 2.